The first-order valence-electron chi connectivity index (χ1n) is 8.72. The fourth-order valence-corrected chi connectivity index (χ4v) is 2.83. The number of anilines is 1. The lowest BCUT2D eigenvalue weighted by atomic mass is 10.1. The molecule has 27 heavy (non-hydrogen) atoms. The van der Waals surface area contributed by atoms with Crippen LogP contribution in [0.2, 0.25) is 0 Å². The molecule has 2 aromatic carbocycles. The van der Waals surface area contributed by atoms with E-state index in [2.05, 4.69) is 5.32 Å². The summed E-state index contributed by atoms with van der Waals surface area (Å²) in [5.41, 5.74) is 1.34. The summed E-state index contributed by atoms with van der Waals surface area (Å²) in [7, 11) is 0. The highest BCUT2D eigenvalue weighted by Crippen LogP contribution is 2.19. The van der Waals surface area contributed by atoms with Crippen molar-refractivity contribution in [2.75, 3.05) is 25.1 Å². The van der Waals surface area contributed by atoms with Crippen molar-refractivity contribution in [1.29, 1.82) is 0 Å². The molecule has 1 aliphatic heterocycles. The van der Waals surface area contributed by atoms with Crippen molar-refractivity contribution < 1.29 is 23.5 Å². The molecule has 3 rings (SSSR count). The fraction of sp³-hybridized carbons (Fsp3) is 0.300. The largest absolute Gasteiger partial charge is 0.494 e. The first kappa shape index (κ1) is 18.8. The van der Waals surface area contributed by atoms with Gasteiger partial charge in [0.25, 0.3) is 0 Å². The molecule has 7 heteroatoms. The van der Waals surface area contributed by atoms with Gasteiger partial charge in [-0.25, -0.2) is 4.39 Å². The molecule has 1 fully saturated rings. The number of carbonyl (C=O) groups excluding carboxylic acids is 2. The maximum atomic E-state index is 13.1. The van der Waals surface area contributed by atoms with Crippen molar-refractivity contribution in [2.24, 2.45) is 0 Å². The predicted molar refractivity (Wildman–Crippen MR) is 97.8 cm³/mol. The Bertz CT molecular complexity index is 793. The standard InChI is InChI=1S/C20H21FN2O4/c1-2-27-17-9-7-16(8-10-17)22-20(25)18-12-26-13-19(24)23(18)11-14-3-5-15(21)6-4-14/h3-10,18H,2,11-13H2,1H3,(H,22,25)/t18-/m0/s1. The van der Waals surface area contributed by atoms with Gasteiger partial charge < -0.3 is 19.7 Å². The summed E-state index contributed by atoms with van der Waals surface area (Å²) < 4.78 is 23.7. The number of benzene rings is 2. The second-order valence-corrected chi connectivity index (χ2v) is 6.13. The van der Waals surface area contributed by atoms with E-state index in [1.807, 2.05) is 6.92 Å². The zero-order chi connectivity index (χ0) is 19.2. The molecular weight excluding hydrogens is 351 g/mol. The van der Waals surface area contributed by atoms with Crippen LogP contribution in [0.5, 0.6) is 5.75 Å². The molecule has 0 bridgehead atoms. The minimum Gasteiger partial charge on any atom is -0.494 e. The van der Waals surface area contributed by atoms with E-state index in [4.69, 9.17) is 9.47 Å². The molecule has 0 unspecified atom stereocenters. The fourth-order valence-electron chi connectivity index (χ4n) is 2.83. The van der Waals surface area contributed by atoms with Crippen LogP contribution in [-0.4, -0.2) is 42.6 Å². The molecule has 142 valence electrons. The van der Waals surface area contributed by atoms with Crippen LogP contribution in [0.3, 0.4) is 0 Å². The molecular formula is C20H21FN2O4. The van der Waals surface area contributed by atoms with E-state index in [0.717, 1.165) is 5.56 Å². The third-order valence-electron chi connectivity index (χ3n) is 4.20. The Morgan fingerprint density at radius 2 is 1.93 bits per heavy atom. The van der Waals surface area contributed by atoms with Crippen molar-refractivity contribution >= 4 is 17.5 Å². The number of morpholine rings is 1. The molecule has 1 atom stereocenters. The van der Waals surface area contributed by atoms with Crippen LogP contribution < -0.4 is 10.1 Å². The van der Waals surface area contributed by atoms with E-state index >= 15 is 0 Å². The second-order valence-electron chi connectivity index (χ2n) is 6.13. The van der Waals surface area contributed by atoms with Crippen molar-refractivity contribution in [3.05, 3.63) is 59.9 Å². The Morgan fingerprint density at radius 1 is 1.22 bits per heavy atom. The minimum absolute atomic E-state index is 0.0754. The maximum Gasteiger partial charge on any atom is 0.249 e. The van der Waals surface area contributed by atoms with Crippen LogP contribution >= 0.6 is 0 Å². The number of hydrogen-bond acceptors (Lipinski definition) is 4. The summed E-state index contributed by atoms with van der Waals surface area (Å²) in [5.74, 6) is -0.256. The third-order valence-corrected chi connectivity index (χ3v) is 4.20. The van der Waals surface area contributed by atoms with Crippen molar-refractivity contribution in [3.63, 3.8) is 0 Å². The summed E-state index contributed by atoms with van der Waals surface area (Å²) in [6, 6.07) is 12.1. The average Bonchev–Trinajstić information content (AvgIpc) is 2.67. The first-order valence-corrected chi connectivity index (χ1v) is 8.72. The monoisotopic (exact) mass is 372 g/mol. The molecule has 0 aliphatic carbocycles. The molecule has 1 saturated heterocycles. The zero-order valence-corrected chi connectivity index (χ0v) is 15.0. The van der Waals surface area contributed by atoms with E-state index in [-0.39, 0.29) is 37.4 Å². The van der Waals surface area contributed by atoms with E-state index in [9.17, 15) is 14.0 Å². The number of halogens is 1. The van der Waals surface area contributed by atoms with Crippen LogP contribution in [0.15, 0.2) is 48.5 Å². The van der Waals surface area contributed by atoms with Gasteiger partial charge in [0.15, 0.2) is 0 Å². The predicted octanol–water partition coefficient (Wildman–Crippen LogP) is 2.59. The zero-order valence-electron chi connectivity index (χ0n) is 15.0. The van der Waals surface area contributed by atoms with Crippen molar-refractivity contribution in [3.8, 4) is 5.75 Å². The molecule has 0 radical (unpaired) electrons. The van der Waals surface area contributed by atoms with Gasteiger partial charge in [-0.3, -0.25) is 9.59 Å². The highest BCUT2D eigenvalue weighted by atomic mass is 19.1. The number of nitrogens with one attached hydrogen (secondary N) is 1. The normalized spacial score (nSPS) is 16.9. The molecule has 1 heterocycles. The molecule has 0 aromatic heterocycles. The summed E-state index contributed by atoms with van der Waals surface area (Å²) in [5, 5.41) is 2.80. The summed E-state index contributed by atoms with van der Waals surface area (Å²) in [6.07, 6.45) is 0. The van der Waals surface area contributed by atoms with Crippen molar-refractivity contribution in [2.45, 2.75) is 19.5 Å². The number of carbonyl (C=O) groups is 2. The lowest BCUT2D eigenvalue weighted by Gasteiger charge is -2.34. The maximum absolute atomic E-state index is 13.1. The molecule has 1 aliphatic rings. The van der Waals surface area contributed by atoms with Crippen LogP contribution in [-0.2, 0) is 20.9 Å². The van der Waals surface area contributed by atoms with Gasteiger partial charge in [0, 0.05) is 12.2 Å². The molecule has 0 saturated carbocycles. The Hall–Kier alpha value is -2.93. The molecule has 2 aromatic rings. The smallest absolute Gasteiger partial charge is 0.249 e. The highest BCUT2D eigenvalue weighted by Gasteiger charge is 2.34. The Balaban J connectivity index is 1.70. The van der Waals surface area contributed by atoms with Gasteiger partial charge in [0.1, 0.15) is 24.2 Å². The average molecular weight is 372 g/mol. The van der Waals surface area contributed by atoms with E-state index in [1.165, 1.54) is 17.0 Å². The number of amides is 2. The summed E-state index contributed by atoms with van der Waals surface area (Å²) in [6.45, 7) is 2.70. The van der Waals surface area contributed by atoms with Gasteiger partial charge in [-0.05, 0) is 48.9 Å². The quantitative estimate of drug-likeness (QED) is 0.846. The SMILES string of the molecule is CCOc1ccc(NC(=O)[C@@H]2COCC(=O)N2Cc2ccc(F)cc2)cc1. The first-order chi connectivity index (χ1) is 13.1. The van der Waals surface area contributed by atoms with E-state index in [1.54, 1.807) is 36.4 Å². The molecule has 0 spiro atoms. The minimum atomic E-state index is -0.761. The number of rotatable bonds is 6. The number of ether oxygens (including phenoxy) is 2. The highest BCUT2D eigenvalue weighted by molar-refractivity contribution is 5.98. The molecule has 1 N–H and O–H groups in total. The van der Waals surface area contributed by atoms with Crippen molar-refractivity contribution in [1.82, 2.24) is 4.90 Å². The Labute approximate surface area is 156 Å². The van der Waals surface area contributed by atoms with Gasteiger partial charge in [0.05, 0.1) is 13.2 Å². The molecule has 6 nitrogen and oxygen atoms in total. The van der Waals surface area contributed by atoms with Gasteiger partial charge >= 0.3 is 0 Å². The van der Waals surface area contributed by atoms with Crippen LogP contribution in [0.1, 0.15) is 12.5 Å². The van der Waals surface area contributed by atoms with Gasteiger partial charge in [-0.2, -0.15) is 0 Å². The summed E-state index contributed by atoms with van der Waals surface area (Å²) >= 11 is 0. The number of hydrogen-bond donors (Lipinski definition) is 1. The Kier molecular flexibility index (Phi) is 6.03. The van der Waals surface area contributed by atoms with Gasteiger partial charge in [-0.15, -0.1) is 0 Å². The third kappa shape index (κ3) is 4.83. The van der Waals surface area contributed by atoms with Gasteiger partial charge in [0.2, 0.25) is 11.8 Å². The topological polar surface area (TPSA) is 67.9 Å². The van der Waals surface area contributed by atoms with E-state index < -0.39 is 6.04 Å². The van der Waals surface area contributed by atoms with Crippen LogP contribution in [0, 0.1) is 5.82 Å². The lowest BCUT2D eigenvalue weighted by molar-refractivity contribution is -0.154. The summed E-state index contributed by atoms with van der Waals surface area (Å²) in [4.78, 5) is 26.4. The lowest BCUT2D eigenvalue weighted by Crippen LogP contribution is -2.54. The van der Waals surface area contributed by atoms with E-state index in [0.29, 0.717) is 18.0 Å². The second kappa shape index (κ2) is 8.64. The van der Waals surface area contributed by atoms with Gasteiger partial charge in [-0.1, -0.05) is 12.1 Å². The van der Waals surface area contributed by atoms with Crippen LogP contribution in [0.4, 0.5) is 10.1 Å². The Morgan fingerprint density at radius 3 is 2.59 bits per heavy atom. The molecule has 2 amide bonds. The van der Waals surface area contributed by atoms with Crippen LogP contribution in [0.25, 0.3) is 0 Å². The number of nitrogens with zero attached hydrogens (tertiary/aromatic N) is 1.